The van der Waals surface area contributed by atoms with Crippen LogP contribution in [-0.4, -0.2) is 32.9 Å². The summed E-state index contributed by atoms with van der Waals surface area (Å²) in [5, 5.41) is 0. The summed E-state index contributed by atoms with van der Waals surface area (Å²) < 4.78 is 0. The van der Waals surface area contributed by atoms with Crippen molar-refractivity contribution in [3.8, 4) is 11.4 Å². The quantitative estimate of drug-likeness (QED) is 0.767. The molecule has 0 saturated carbocycles. The smallest absolute Gasteiger partial charge is 0.251 e. The minimum Gasteiger partial charge on any atom is -0.306 e. The van der Waals surface area contributed by atoms with E-state index < -0.39 is 0 Å². The fraction of sp³-hybridized carbons (Fsp3) is 0.350. The molecule has 3 aromatic heterocycles. The molecule has 3 aromatic rings. The largest absolute Gasteiger partial charge is 0.306 e. The number of rotatable bonds is 4. The topological polar surface area (TPSA) is 61.9 Å². The molecule has 1 aliphatic heterocycles. The third kappa shape index (κ3) is 3.92. The van der Waals surface area contributed by atoms with E-state index in [2.05, 4.69) is 33.9 Å². The van der Waals surface area contributed by atoms with Gasteiger partial charge in [-0.25, -0.2) is 4.98 Å². The van der Waals surface area contributed by atoms with Crippen LogP contribution in [0.25, 0.3) is 11.4 Å². The molecule has 0 aromatic carbocycles. The van der Waals surface area contributed by atoms with Crippen molar-refractivity contribution in [3.63, 3.8) is 0 Å². The molecule has 26 heavy (non-hydrogen) atoms. The normalized spacial score (nSPS) is 18.1. The summed E-state index contributed by atoms with van der Waals surface area (Å²) in [5.41, 5.74) is 1.63. The molecule has 1 unspecified atom stereocenters. The Morgan fingerprint density at radius 1 is 1.35 bits per heavy atom. The molecule has 134 valence electrons. The number of hydrogen-bond acceptors (Lipinski definition) is 5. The summed E-state index contributed by atoms with van der Waals surface area (Å²) in [4.78, 5) is 29.1. The van der Waals surface area contributed by atoms with E-state index in [1.54, 1.807) is 18.5 Å². The number of aromatic nitrogens is 3. The first kappa shape index (κ1) is 17.1. The average molecular weight is 366 g/mol. The minimum absolute atomic E-state index is 0.0974. The standard InChI is InChI=1S/C20H22N4OS/c1-14-6-7-17(26-14)13-24-9-3-5-16(12-24)18-10-19(25)23-20(22-18)15-4-2-8-21-11-15/h2,4,6-8,10-11,16H,3,5,9,12-13H2,1H3,(H,22,23,25). The second kappa shape index (κ2) is 7.51. The third-order valence-electron chi connectivity index (χ3n) is 4.80. The summed E-state index contributed by atoms with van der Waals surface area (Å²) >= 11 is 1.86. The van der Waals surface area contributed by atoms with E-state index in [0.717, 1.165) is 43.7 Å². The fourth-order valence-corrected chi connectivity index (χ4v) is 4.49. The van der Waals surface area contributed by atoms with Gasteiger partial charge in [-0.1, -0.05) is 0 Å². The maximum absolute atomic E-state index is 12.2. The van der Waals surface area contributed by atoms with Gasteiger partial charge < -0.3 is 4.98 Å². The number of pyridine rings is 1. The second-order valence-corrected chi connectivity index (χ2v) is 8.22. The Bertz CT molecular complexity index is 934. The maximum Gasteiger partial charge on any atom is 0.251 e. The van der Waals surface area contributed by atoms with Gasteiger partial charge in [0.1, 0.15) is 5.82 Å². The predicted molar refractivity (Wildman–Crippen MR) is 104 cm³/mol. The Labute approximate surface area is 156 Å². The highest BCUT2D eigenvalue weighted by atomic mass is 32.1. The molecule has 4 heterocycles. The van der Waals surface area contributed by atoms with E-state index in [4.69, 9.17) is 4.98 Å². The van der Waals surface area contributed by atoms with Gasteiger partial charge in [0.05, 0.1) is 5.69 Å². The number of nitrogens with zero attached hydrogens (tertiary/aromatic N) is 3. The first-order chi connectivity index (χ1) is 12.7. The maximum atomic E-state index is 12.2. The highest BCUT2D eigenvalue weighted by Crippen LogP contribution is 2.28. The molecule has 4 rings (SSSR count). The average Bonchev–Trinajstić information content (AvgIpc) is 3.07. The molecule has 0 amide bonds. The van der Waals surface area contributed by atoms with E-state index in [1.165, 1.54) is 9.75 Å². The number of hydrogen-bond donors (Lipinski definition) is 1. The lowest BCUT2D eigenvalue weighted by Crippen LogP contribution is -2.34. The van der Waals surface area contributed by atoms with Gasteiger partial charge in [-0.15, -0.1) is 11.3 Å². The van der Waals surface area contributed by atoms with Crippen molar-refractivity contribution in [2.24, 2.45) is 0 Å². The molecule has 0 radical (unpaired) electrons. The SMILES string of the molecule is Cc1ccc(CN2CCCC(c3cc(=O)[nH]c(-c4cccnc4)n3)C2)s1. The molecular weight excluding hydrogens is 344 g/mol. The highest BCUT2D eigenvalue weighted by molar-refractivity contribution is 7.11. The number of aryl methyl sites for hydroxylation is 1. The molecule has 1 N–H and O–H groups in total. The molecule has 1 atom stereocenters. The number of thiophene rings is 1. The summed E-state index contributed by atoms with van der Waals surface area (Å²) in [7, 11) is 0. The van der Waals surface area contributed by atoms with Crippen molar-refractivity contribution >= 4 is 11.3 Å². The van der Waals surface area contributed by atoms with Gasteiger partial charge in [-0.2, -0.15) is 0 Å². The second-order valence-electron chi connectivity index (χ2n) is 6.85. The first-order valence-electron chi connectivity index (χ1n) is 8.97. The Balaban J connectivity index is 1.55. The molecule has 6 heteroatoms. The molecule has 1 saturated heterocycles. The molecule has 0 spiro atoms. The van der Waals surface area contributed by atoms with Gasteiger partial charge in [-0.05, 0) is 50.6 Å². The van der Waals surface area contributed by atoms with Crippen LogP contribution in [0.15, 0.2) is 47.5 Å². The van der Waals surface area contributed by atoms with Crippen LogP contribution in [0.5, 0.6) is 0 Å². The zero-order valence-electron chi connectivity index (χ0n) is 14.8. The van der Waals surface area contributed by atoms with Gasteiger partial charge in [0, 0.05) is 52.8 Å². The van der Waals surface area contributed by atoms with E-state index in [1.807, 2.05) is 23.5 Å². The van der Waals surface area contributed by atoms with Crippen LogP contribution in [0.3, 0.4) is 0 Å². The Morgan fingerprint density at radius 3 is 3.04 bits per heavy atom. The van der Waals surface area contributed by atoms with Gasteiger partial charge >= 0.3 is 0 Å². The first-order valence-corrected chi connectivity index (χ1v) is 9.78. The lowest BCUT2D eigenvalue weighted by atomic mass is 9.94. The lowest BCUT2D eigenvalue weighted by Gasteiger charge is -2.32. The summed E-state index contributed by atoms with van der Waals surface area (Å²) in [6.45, 7) is 5.17. The molecule has 1 fully saturated rings. The Kier molecular flexibility index (Phi) is 4.95. The highest BCUT2D eigenvalue weighted by Gasteiger charge is 2.23. The summed E-state index contributed by atoms with van der Waals surface area (Å²) in [6.07, 6.45) is 5.65. The van der Waals surface area contributed by atoms with E-state index in [0.29, 0.717) is 11.7 Å². The van der Waals surface area contributed by atoms with E-state index in [9.17, 15) is 4.79 Å². The number of H-pyrrole nitrogens is 1. The zero-order chi connectivity index (χ0) is 17.9. The van der Waals surface area contributed by atoms with Crippen LogP contribution in [0.4, 0.5) is 0 Å². The Morgan fingerprint density at radius 2 is 2.27 bits per heavy atom. The van der Waals surface area contributed by atoms with Crippen LogP contribution in [-0.2, 0) is 6.54 Å². The monoisotopic (exact) mass is 366 g/mol. The number of likely N-dealkylation sites (tertiary alicyclic amines) is 1. The number of piperidine rings is 1. The van der Waals surface area contributed by atoms with Crippen LogP contribution < -0.4 is 5.56 Å². The van der Waals surface area contributed by atoms with Crippen molar-refractivity contribution < 1.29 is 0 Å². The minimum atomic E-state index is -0.0974. The van der Waals surface area contributed by atoms with Crippen LogP contribution in [0, 0.1) is 6.92 Å². The van der Waals surface area contributed by atoms with Crippen LogP contribution >= 0.6 is 11.3 Å². The zero-order valence-corrected chi connectivity index (χ0v) is 15.6. The van der Waals surface area contributed by atoms with Gasteiger partial charge in [0.25, 0.3) is 5.56 Å². The van der Waals surface area contributed by atoms with Crippen molar-refractivity contribution in [1.29, 1.82) is 0 Å². The van der Waals surface area contributed by atoms with Crippen molar-refractivity contribution in [2.45, 2.75) is 32.2 Å². The summed E-state index contributed by atoms with van der Waals surface area (Å²) in [5.74, 6) is 0.897. The van der Waals surface area contributed by atoms with Crippen LogP contribution in [0.2, 0.25) is 0 Å². The van der Waals surface area contributed by atoms with Crippen molar-refractivity contribution in [3.05, 3.63) is 68.5 Å². The number of aromatic amines is 1. The molecule has 5 nitrogen and oxygen atoms in total. The molecule has 0 bridgehead atoms. The van der Waals surface area contributed by atoms with Gasteiger partial charge in [0.2, 0.25) is 0 Å². The summed E-state index contributed by atoms with van der Waals surface area (Å²) in [6, 6.07) is 9.83. The van der Waals surface area contributed by atoms with E-state index in [-0.39, 0.29) is 5.56 Å². The van der Waals surface area contributed by atoms with Gasteiger partial charge in [-0.3, -0.25) is 14.7 Å². The predicted octanol–water partition coefficient (Wildman–Crippen LogP) is 3.58. The number of nitrogens with one attached hydrogen (secondary N) is 1. The third-order valence-corrected chi connectivity index (χ3v) is 5.78. The Hall–Kier alpha value is -2.31. The molecule has 0 aliphatic carbocycles. The van der Waals surface area contributed by atoms with E-state index >= 15 is 0 Å². The molecular formula is C20H22N4OS. The van der Waals surface area contributed by atoms with Gasteiger partial charge in [0.15, 0.2) is 0 Å². The molecule has 1 aliphatic rings. The fourth-order valence-electron chi connectivity index (χ4n) is 3.56. The lowest BCUT2D eigenvalue weighted by molar-refractivity contribution is 0.200. The van der Waals surface area contributed by atoms with Crippen molar-refractivity contribution in [2.75, 3.05) is 13.1 Å². The van der Waals surface area contributed by atoms with Crippen LogP contribution in [0.1, 0.15) is 34.2 Å². The van der Waals surface area contributed by atoms with Crippen molar-refractivity contribution in [1.82, 2.24) is 19.9 Å².